The summed E-state index contributed by atoms with van der Waals surface area (Å²) >= 11 is 0. The monoisotopic (exact) mass is 198 g/mol. The summed E-state index contributed by atoms with van der Waals surface area (Å²) in [6, 6.07) is 0.790. The van der Waals surface area contributed by atoms with E-state index in [4.69, 9.17) is 0 Å². The van der Waals surface area contributed by atoms with Crippen molar-refractivity contribution in [3.8, 4) is 0 Å². The minimum Gasteiger partial charge on any atom is -0.353 e. The van der Waals surface area contributed by atoms with Crippen LogP contribution in [-0.4, -0.2) is 24.5 Å². The van der Waals surface area contributed by atoms with E-state index in [1.54, 1.807) is 0 Å². The van der Waals surface area contributed by atoms with Gasteiger partial charge in [-0.05, 0) is 39.0 Å². The van der Waals surface area contributed by atoms with Gasteiger partial charge in [0, 0.05) is 12.1 Å². The Bertz CT molecular complexity index is 188. The molecule has 0 radical (unpaired) electrons. The Morgan fingerprint density at radius 1 is 1.43 bits per heavy atom. The van der Waals surface area contributed by atoms with Gasteiger partial charge in [-0.2, -0.15) is 0 Å². The first-order valence-corrected chi connectivity index (χ1v) is 5.66. The average molecular weight is 198 g/mol. The molecule has 0 aromatic heterocycles. The Labute approximate surface area is 86.6 Å². The molecule has 0 heterocycles. The lowest BCUT2D eigenvalue weighted by Crippen LogP contribution is -2.42. The highest BCUT2D eigenvalue weighted by molar-refractivity contribution is 5.78. The van der Waals surface area contributed by atoms with Crippen molar-refractivity contribution in [3.63, 3.8) is 0 Å². The van der Waals surface area contributed by atoms with Gasteiger partial charge < -0.3 is 10.6 Å². The third kappa shape index (κ3) is 4.09. The largest absolute Gasteiger partial charge is 0.353 e. The van der Waals surface area contributed by atoms with Gasteiger partial charge in [-0.1, -0.05) is 6.92 Å². The predicted molar refractivity (Wildman–Crippen MR) is 58.1 cm³/mol. The van der Waals surface area contributed by atoms with Gasteiger partial charge >= 0.3 is 0 Å². The smallest absolute Gasteiger partial charge is 0.234 e. The number of hydrogen-bond donors (Lipinski definition) is 2. The molecule has 3 nitrogen and oxygen atoms in total. The van der Waals surface area contributed by atoms with Crippen LogP contribution in [0.15, 0.2) is 0 Å². The molecule has 1 amide bonds. The quantitative estimate of drug-likeness (QED) is 0.675. The number of hydrogen-bond acceptors (Lipinski definition) is 2. The molecule has 0 bridgehead atoms. The summed E-state index contributed by atoms with van der Waals surface area (Å²) in [4.78, 5) is 11.3. The van der Waals surface area contributed by atoms with Gasteiger partial charge in [-0.25, -0.2) is 0 Å². The predicted octanol–water partition coefficient (Wildman–Crippen LogP) is 1.29. The number of rotatable bonds is 6. The van der Waals surface area contributed by atoms with E-state index < -0.39 is 0 Å². The van der Waals surface area contributed by atoms with Crippen LogP contribution in [0.4, 0.5) is 0 Å². The second-order valence-corrected chi connectivity index (χ2v) is 4.46. The van der Waals surface area contributed by atoms with Crippen molar-refractivity contribution in [3.05, 3.63) is 0 Å². The van der Waals surface area contributed by atoms with Crippen LogP contribution in [0.25, 0.3) is 0 Å². The standard InChI is InChI=1S/C11H22N2O/c1-4-10(9-5-6-9)12-7-11(14)13-8(2)3/h8-10,12H,4-7H2,1-3H3,(H,13,14). The second-order valence-electron chi connectivity index (χ2n) is 4.46. The Balaban J connectivity index is 2.14. The third-order valence-corrected chi connectivity index (χ3v) is 2.61. The summed E-state index contributed by atoms with van der Waals surface area (Å²) in [5, 5.41) is 6.20. The van der Waals surface area contributed by atoms with E-state index in [1.807, 2.05) is 13.8 Å². The third-order valence-electron chi connectivity index (χ3n) is 2.61. The Kier molecular flexibility index (Phi) is 4.39. The van der Waals surface area contributed by atoms with Crippen LogP contribution in [0.2, 0.25) is 0 Å². The molecule has 0 aromatic carbocycles. The molecule has 0 aromatic rings. The van der Waals surface area contributed by atoms with Gasteiger partial charge in [-0.3, -0.25) is 4.79 Å². The molecule has 1 rings (SSSR count). The summed E-state index contributed by atoms with van der Waals surface area (Å²) in [6.07, 6.45) is 3.79. The van der Waals surface area contributed by atoms with Crippen LogP contribution in [0.1, 0.15) is 40.0 Å². The highest BCUT2D eigenvalue weighted by atomic mass is 16.1. The lowest BCUT2D eigenvalue weighted by Gasteiger charge is -2.16. The molecular formula is C11H22N2O. The molecule has 0 saturated heterocycles. The van der Waals surface area contributed by atoms with Crippen molar-refractivity contribution in [2.45, 2.75) is 52.1 Å². The van der Waals surface area contributed by atoms with Crippen LogP contribution in [0, 0.1) is 5.92 Å². The second kappa shape index (κ2) is 5.35. The molecule has 0 aliphatic heterocycles. The van der Waals surface area contributed by atoms with Crippen molar-refractivity contribution in [1.82, 2.24) is 10.6 Å². The van der Waals surface area contributed by atoms with Gasteiger partial charge in [-0.15, -0.1) is 0 Å². The zero-order chi connectivity index (χ0) is 10.6. The zero-order valence-corrected chi connectivity index (χ0v) is 9.47. The first-order chi connectivity index (χ1) is 6.63. The Morgan fingerprint density at radius 2 is 2.07 bits per heavy atom. The molecule has 1 saturated carbocycles. The van der Waals surface area contributed by atoms with E-state index in [0.29, 0.717) is 12.6 Å². The summed E-state index contributed by atoms with van der Waals surface area (Å²) < 4.78 is 0. The van der Waals surface area contributed by atoms with Gasteiger partial charge in [0.2, 0.25) is 5.91 Å². The molecule has 82 valence electrons. The van der Waals surface area contributed by atoms with Gasteiger partial charge in [0.1, 0.15) is 0 Å². The van der Waals surface area contributed by atoms with E-state index >= 15 is 0 Å². The number of amides is 1. The van der Waals surface area contributed by atoms with Crippen LogP contribution in [-0.2, 0) is 4.79 Å². The number of carbonyl (C=O) groups excluding carboxylic acids is 1. The van der Waals surface area contributed by atoms with Gasteiger partial charge in [0.25, 0.3) is 0 Å². The molecule has 0 spiro atoms. The summed E-state index contributed by atoms with van der Waals surface area (Å²) in [7, 11) is 0. The molecular weight excluding hydrogens is 176 g/mol. The van der Waals surface area contributed by atoms with Gasteiger partial charge in [0.15, 0.2) is 0 Å². The zero-order valence-electron chi connectivity index (χ0n) is 9.47. The van der Waals surface area contributed by atoms with Crippen molar-refractivity contribution in [1.29, 1.82) is 0 Å². The van der Waals surface area contributed by atoms with Crippen LogP contribution in [0.3, 0.4) is 0 Å². The van der Waals surface area contributed by atoms with Crippen LogP contribution >= 0.6 is 0 Å². The molecule has 14 heavy (non-hydrogen) atoms. The van der Waals surface area contributed by atoms with Crippen LogP contribution in [0.5, 0.6) is 0 Å². The first-order valence-electron chi connectivity index (χ1n) is 5.66. The molecule has 1 atom stereocenters. The lowest BCUT2D eigenvalue weighted by molar-refractivity contribution is -0.120. The molecule has 1 aliphatic rings. The fraction of sp³-hybridized carbons (Fsp3) is 0.909. The maximum atomic E-state index is 11.3. The van der Waals surface area contributed by atoms with Crippen LogP contribution < -0.4 is 10.6 Å². The molecule has 2 N–H and O–H groups in total. The highest BCUT2D eigenvalue weighted by Gasteiger charge is 2.29. The van der Waals surface area contributed by atoms with Crippen molar-refractivity contribution >= 4 is 5.91 Å². The molecule has 1 fully saturated rings. The maximum Gasteiger partial charge on any atom is 0.234 e. The van der Waals surface area contributed by atoms with Gasteiger partial charge in [0.05, 0.1) is 6.54 Å². The lowest BCUT2D eigenvalue weighted by atomic mass is 10.1. The molecule has 1 aliphatic carbocycles. The molecule has 1 unspecified atom stereocenters. The SMILES string of the molecule is CCC(NCC(=O)NC(C)C)C1CC1. The van der Waals surface area contributed by atoms with E-state index in [1.165, 1.54) is 12.8 Å². The van der Waals surface area contributed by atoms with Crippen molar-refractivity contribution in [2.24, 2.45) is 5.92 Å². The fourth-order valence-corrected chi connectivity index (χ4v) is 1.74. The van der Waals surface area contributed by atoms with Crippen molar-refractivity contribution < 1.29 is 4.79 Å². The van der Waals surface area contributed by atoms with E-state index in [0.717, 1.165) is 12.3 Å². The van der Waals surface area contributed by atoms with Crippen molar-refractivity contribution in [2.75, 3.05) is 6.54 Å². The number of nitrogens with one attached hydrogen (secondary N) is 2. The van der Waals surface area contributed by atoms with E-state index in [2.05, 4.69) is 17.6 Å². The Hall–Kier alpha value is -0.570. The maximum absolute atomic E-state index is 11.3. The normalized spacial score (nSPS) is 18.3. The van der Waals surface area contributed by atoms with E-state index in [9.17, 15) is 4.79 Å². The summed E-state index contributed by atoms with van der Waals surface area (Å²) in [5.41, 5.74) is 0. The first kappa shape index (κ1) is 11.5. The average Bonchev–Trinajstić information content (AvgIpc) is 2.87. The molecule has 3 heteroatoms. The Morgan fingerprint density at radius 3 is 2.50 bits per heavy atom. The topological polar surface area (TPSA) is 41.1 Å². The summed E-state index contributed by atoms with van der Waals surface area (Å²) in [5.74, 6) is 0.936. The summed E-state index contributed by atoms with van der Waals surface area (Å²) in [6.45, 7) is 6.61. The van der Waals surface area contributed by atoms with E-state index in [-0.39, 0.29) is 11.9 Å². The number of carbonyl (C=O) groups is 1. The minimum atomic E-state index is 0.110. The minimum absolute atomic E-state index is 0.110. The fourth-order valence-electron chi connectivity index (χ4n) is 1.74. The highest BCUT2D eigenvalue weighted by Crippen LogP contribution is 2.33.